The molecule has 0 fully saturated rings. The fourth-order valence-corrected chi connectivity index (χ4v) is 4.84. The second-order valence-corrected chi connectivity index (χ2v) is 8.69. The maximum atomic E-state index is 14.6. The molecule has 1 aliphatic rings. The first-order valence-electron chi connectivity index (χ1n) is 11.2. The second kappa shape index (κ2) is 10.2. The third-order valence-electron chi connectivity index (χ3n) is 6.56. The van der Waals surface area contributed by atoms with Crippen molar-refractivity contribution in [3.05, 3.63) is 94.9 Å². The molecule has 2 unspecified atom stereocenters. The van der Waals surface area contributed by atoms with Crippen LogP contribution in [0.1, 0.15) is 42.2 Å². The van der Waals surface area contributed by atoms with Gasteiger partial charge in [-0.25, -0.2) is 13.2 Å². The molecule has 3 aromatic carbocycles. The zero-order chi connectivity index (χ0) is 22.9. The summed E-state index contributed by atoms with van der Waals surface area (Å²) >= 11 is 0. The monoisotopic (exact) mass is 486 g/mol. The van der Waals surface area contributed by atoms with Gasteiger partial charge in [0.15, 0.2) is 0 Å². The van der Waals surface area contributed by atoms with Crippen molar-refractivity contribution < 1.29 is 18.3 Å². The molecule has 0 aliphatic carbocycles. The lowest BCUT2D eigenvalue weighted by Crippen LogP contribution is -2.35. The minimum Gasteiger partial charge on any atom is -0.388 e. The SMILES string of the molecule is Cl.OC(CCCC1Cc2[nH]c3c(F)ccc(-c4ccccc4F)c3c2CN1)c1ccc(F)cc1. The van der Waals surface area contributed by atoms with Crippen molar-refractivity contribution in [2.24, 2.45) is 0 Å². The molecule has 1 aromatic heterocycles. The molecule has 4 aromatic rings. The molecule has 0 saturated heterocycles. The molecule has 2 atom stereocenters. The van der Waals surface area contributed by atoms with Gasteiger partial charge in [-0.3, -0.25) is 0 Å². The van der Waals surface area contributed by atoms with Crippen LogP contribution in [0, 0.1) is 17.5 Å². The highest BCUT2D eigenvalue weighted by molar-refractivity contribution is 5.99. The summed E-state index contributed by atoms with van der Waals surface area (Å²) in [5, 5.41) is 14.6. The van der Waals surface area contributed by atoms with Crippen LogP contribution in [0.25, 0.3) is 22.0 Å². The third kappa shape index (κ3) is 4.71. The fourth-order valence-electron chi connectivity index (χ4n) is 4.84. The standard InChI is InChI=1S/C27H25F3N2O.ClH/c28-17-10-8-16(9-11-17)25(33)7-3-4-18-14-24-21(15-31-18)26-20(12-13-23(30)27(26)32-24)19-5-1-2-6-22(19)29;/h1-2,5-6,8-13,18,25,31-33H,3-4,7,14-15H2;1H. The van der Waals surface area contributed by atoms with Gasteiger partial charge in [0.25, 0.3) is 0 Å². The lowest BCUT2D eigenvalue weighted by molar-refractivity contribution is 0.161. The maximum Gasteiger partial charge on any atom is 0.147 e. The average Bonchev–Trinajstić information content (AvgIpc) is 3.20. The van der Waals surface area contributed by atoms with Gasteiger partial charge in [0.05, 0.1) is 11.6 Å². The molecule has 3 N–H and O–H groups in total. The molecule has 7 heteroatoms. The van der Waals surface area contributed by atoms with Crippen molar-refractivity contribution in [3.63, 3.8) is 0 Å². The number of fused-ring (bicyclic) bond motifs is 3. The smallest absolute Gasteiger partial charge is 0.147 e. The maximum absolute atomic E-state index is 14.6. The van der Waals surface area contributed by atoms with E-state index in [0.29, 0.717) is 41.6 Å². The molecule has 0 bridgehead atoms. The predicted molar refractivity (Wildman–Crippen MR) is 130 cm³/mol. The Labute approximate surface area is 202 Å². The van der Waals surface area contributed by atoms with E-state index in [0.717, 1.165) is 29.5 Å². The Morgan fingerprint density at radius 1 is 0.912 bits per heavy atom. The molecular weight excluding hydrogens is 461 g/mol. The summed E-state index contributed by atoms with van der Waals surface area (Å²) in [5.74, 6) is -0.999. The number of benzene rings is 3. The Kier molecular flexibility index (Phi) is 7.31. The molecule has 178 valence electrons. The van der Waals surface area contributed by atoms with E-state index in [1.807, 2.05) is 0 Å². The van der Waals surface area contributed by atoms with E-state index in [-0.39, 0.29) is 35.9 Å². The van der Waals surface area contributed by atoms with Gasteiger partial charge in [0, 0.05) is 35.7 Å². The number of aromatic amines is 1. The molecule has 0 saturated carbocycles. The molecular formula is C27H26ClF3N2O. The van der Waals surface area contributed by atoms with Crippen LogP contribution >= 0.6 is 12.4 Å². The molecule has 1 aliphatic heterocycles. The number of aliphatic hydroxyl groups excluding tert-OH is 1. The van der Waals surface area contributed by atoms with Crippen molar-refractivity contribution in [1.82, 2.24) is 10.3 Å². The molecule has 34 heavy (non-hydrogen) atoms. The lowest BCUT2D eigenvalue weighted by atomic mass is 9.93. The zero-order valence-electron chi connectivity index (χ0n) is 18.5. The predicted octanol–water partition coefficient (Wildman–Crippen LogP) is 6.59. The van der Waals surface area contributed by atoms with Crippen molar-refractivity contribution in [3.8, 4) is 11.1 Å². The van der Waals surface area contributed by atoms with E-state index in [4.69, 9.17) is 0 Å². The number of halogens is 4. The van der Waals surface area contributed by atoms with Crippen LogP contribution in [0.2, 0.25) is 0 Å². The van der Waals surface area contributed by atoms with E-state index in [1.165, 1.54) is 24.3 Å². The first kappa shape index (κ1) is 24.3. The summed E-state index contributed by atoms with van der Waals surface area (Å²) in [6, 6.07) is 15.7. The first-order valence-corrected chi connectivity index (χ1v) is 11.2. The molecule has 0 amide bonds. The Morgan fingerprint density at radius 3 is 2.44 bits per heavy atom. The Bertz CT molecular complexity index is 1290. The summed E-state index contributed by atoms with van der Waals surface area (Å²) in [6.45, 7) is 0.561. The highest BCUT2D eigenvalue weighted by Crippen LogP contribution is 2.37. The van der Waals surface area contributed by atoms with Gasteiger partial charge in [-0.15, -0.1) is 12.4 Å². The Balaban J connectivity index is 0.00000274. The first-order chi connectivity index (χ1) is 16.0. The average molecular weight is 487 g/mol. The summed E-state index contributed by atoms with van der Waals surface area (Å²) in [6.07, 6.45) is 2.29. The molecule has 0 radical (unpaired) electrons. The minimum absolute atomic E-state index is 0. The van der Waals surface area contributed by atoms with Gasteiger partial charge in [-0.2, -0.15) is 0 Å². The molecule has 5 rings (SSSR count). The Morgan fingerprint density at radius 2 is 1.68 bits per heavy atom. The van der Waals surface area contributed by atoms with Crippen LogP contribution in [-0.2, 0) is 13.0 Å². The van der Waals surface area contributed by atoms with E-state index in [2.05, 4.69) is 10.3 Å². The van der Waals surface area contributed by atoms with Crippen molar-refractivity contribution in [2.75, 3.05) is 0 Å². The number of aliphatic hydroxyl groups is 1. The van der Waals surface area contributed by atoms with Crippen LogP contribution in [0.4, 0.5) is 13.2 Å². The van der Waals surface area contributed by atoms with Gasteiger partial charge < -0.3 is 15.4 Å². The largest absolute Gasteiger partial charge is 0.388 e. The van der Waals surface area contributed by atoms with Crippen LogP contribution in [0.15, 0.2) is 60.7 Å². The number of hydrogen-bond acceptors (Lipinski definition) is 2. The van der Waals surface area contributed by atoms with Crippen LogP contribution < -0.4 is 5.32 Å². The summed E-state index contributed by atoms with van der Waals surface area (Å²) in [7, 11) is 0. The van der Waals surface area contributed by atoms with Gasteiger partial charge in [-0.1, -0.05) is 36.4 Å². The highest BCUT2D eigenvalue weighted by Gasteiger charge is 2.25. The van der Waals surface area contributed by atoms with E-state index < -0.39 is 6.10 Å². The number of H-pyrrole nitrogens is 1. The normalized spacial score (nSPS) is 16.2. The number of aromatic nitrogens is 1. The summed E-state index contributed by atoms with van der Waals surface area (Å²) in [5.41, 5.74) is 4.21. The van der Waals surface area contributed by atoms with Gasteiger partial charge in [0.1, 0.15) is 17.5 Å². The van der Waals surface area contributed by atoms with E-state index >= 15 is 0 Å². The van der Waals surface area contributed by atoms with Gasteiger partial charge in [0.2, 0.25) is 0 Å². The van der Waals surface area contributed by atoms with Gasteiger partial charge in [-0.05, 0) is 60.2 Å². The van der Waals surface area contributed by atoms with Crippen LogP contribution in [0.5, 0.6) is 0 Å². The molecule has 0 spiro atoms. The third-order valence-corrected chi connectivity index (χ3v) is 6.56. The fraction of sp³-hybridized carbons (Fsp3) is 0.259. The topological polar surface area (TPSA) is 48.0 Å². The van der Waals surface area contributed by atoms with E-state index in [9.17, 15) is 18.3 Å². The van der Waals surface area contributed by atoms with Gasteiger partial charge >= 0.3 is 0 Å². The zero-order valence-corrected chi connectivity index (χ0v) is 19.3. The van der Waals surface area contributed by atoms with Crippen molar-refractivity contribution in [1.29, 1.82) is 0 Å². The number of rotatable bonds is 6. The number of nitrogens with one attached hydrogen (secondary N) is 2. The van der Waals surface area contributed by atoms with Crippen LogP contribution in [0.3, 0.4) is 0 Å². The minimum atomic E-state index is -0.629. The number of hydrogen-bond donors (Lipinski definition) is 3. The van der Waals surface area contributed by atoms with Crippen molar-refractivity contribution >= 4 is 23.3 Å². The van der Waals surface area contributed by atoms with E-state index in [1.54, 1.807) is 36.4 Å². The van der Waals surface area contributed by atoms with Crippen molar-refractivity contribution in [2.45, 2.75) is 44.4 Å². The quantitative estimate of drug-likeness (QED) is 0.288. The van der Waals surface area contributed by atoms with Crippen LogP contribution in [-0.4, -0.2) is 16.1 Å². The second-order valence-electron chi connectivity index (χ2n) is 8.69. The summed E-state index contributed by atoms with van der Waals surface area (Å²) < 4.78 is 42.2. The Hall–Kier alpha value is -2.80. The summed E-state index contributed by atoms with van der Waals surface area (Å²) in [4.78, 5) is 3.25. The molecule has 2 heterocycles. The highest BCUT2D eigenvalue weighted by atomic mass is 35.5. The molecule has 3 nitrogen and oxygen atoms in total. The lowest BCUT2D eigenvalue weighted by Gasteiger charge is -2.25.